The average Bonchev–Trinajstić information content (AvgIpc) is 2.44. The zero-order valence-corrected chi connectivity index (χ0v) is 13.2. The molecular formula is C15H24N2O5. The maximum Gasteiger partial charge on any atom is 0.407 e. The maximum absolute atomic E-state index is 11.2. The number of rotatable bonds is 7. The van der Waals surface area contributed by atoms with E-state index in [1.165, 1.54) is 4.90 Å². The van der Waals surface area contributed by atoms with Crippen LogP contribution in [0.2, 0.25) is 0 Å². The van der Waals surface area contributed by atoms with Gasteiger partial charge in [-0.1, -0.05) is 0 Å². The maximum atomic E-state index is 11.2. The largest absolute Gasteiger partial charge is 0.493 e. The highest BCUT2D eigenvalue weighted by Gasteiger charge is 2.25. The molecule has 0 fully saturated rings. The summed E-state index contributed by atoms with van der Waals surface area (Å²) in [6.45, 7) is 5.74. The summed E-state index contributed by atoms with van der Waals surface area (Å²) in [5.74, 6) is 0.501. The molecule has 7 heteroatoms. The number of amides is 1. The summed E-state index contributed by atoms with van der Waals surface area (Å²) in [6.07, 6.45) is -0.420. The van der Waals surface area contributed by atoms with Gasteiger partial charge in [-0.25, -0.2) is 4.79 Å². The van der Waals surface area contributed by atoms with Gasteiger partial charge in [0.05, 0.1) is 31.2 Å². The molecule has 1 heterocycles. The molecule has 0 atom stereocenters. The highest BCUT2D eigenvalue weighted by molar-refractivity contribution is 5.65. The Morgan fingerprint density at radius 1 is 1.23 bits per heavy atom. The van der Waals surface area contributed by atoms with Crippen LogP contribution in [0.4, 0.5) is 4.79 Å². The molecule has 3 N–H and O–H groups in total. The zero-order chi connectivity index (χ0) is 16.8. The van der Waals surface area contributed by atoms with Crippen molar-refractivity contribution in [2.45, 2.75) is 45.9 Å². The molecule has 0 aliphatic heterocycles. The van der Waals surface area contributed by atoms with E-state index in [1.807, 2.05) is 20.8 Å². The molecule has 0 unspecified atom stereocenters. The molecule has 0 saturated carbocycles. The summed E-state index contributed by atoms with van der Waals surface area (Å²) >= 11 is 0. The van der Waals surface area contributed by atoms with Gasteiger partial charge in [0.1, 0.15) is 5.75 Å². The van der Waals surface area contributed by atoms with Gasteiger partial charge in [0.25, 0.3) is 0 Å². The summed E-state index contributed by atoms with van der Waals surface area (Å²) in [7, 11) is 0. The number of carboxylic acid groups (broad SMARTS) is 1. The number of nitrogens with zero attached hydrogens (tertiary/aromatic N) is 2. The molecule has 124 valence electrons. The predicted octanol–water partition coefficient (Wildman–Crippen LogP) is 1.61. The standard InChI is InChI=1S/C15H24N2O5/c1-15(2,3)17(14(20)21)5-4-6-22-13-7-11(9-18)16-12(8-13)10-19/h7-8,18-19H,4-6,9-10H2,1-3H3,(H,20,21). The second-order valence-corrected chi connectivity index (χ2v) is 5.91. The van der Waals surface area contributed by atoms with E-state index in [0.717, 1.165) is 0 Å². The number of carbonyl (C=O) groups is 1. The van der Waals surface area contributed by atoms with Crippen molar-refractivity contribution < 1.29 is 24.9 Å². The highest BCUT2D eigenvalue weighted by atomic mass is 16.5. The molecule has 7 nitrogen and oxygen atoms in total. The van der Waals surface area contributed by atoms with Crippen molar-refractivity contribution in [2.24, 2.45) is 0 Å². The van der Waals surface area contributed by atoms with E-state index in [1.54, 1.807) is 12.1 Å². The van der Waals surface area contributed by atoms with Crippen LogP contribution in [0.1, 0.15) is 38.6 Å². The van der Waals surface area contributed by atoms with Crippen LogP contribution in [0.3, 0.4) is 0 Å². The number of aliphatic hydroxyl groups is 2. The first-order chi connectivity index (χ1) is 10.3. The zero-order valence-electron chi connectivity index (χ0n) is 13.2. The van der Waals surface area contributed by atoms with Gasteiger partial charge in [-0.3, -0.25) is 4.98 Å². The van der Waals surface area contributed by atoms with Gasteiger partial charge in [0, 0.05) is 24.2 Å². The van der Waals surface area contributed by atoms with Crippen LogP contribution in [0, 0.1) is 0 Å². The number of aliphatic hydroxyl groups excluding tert-OH is 2. The topological polar surface area (TPSA) is 103 Å². The van der Waals surface area contributed by atoms with Crippen LogP contribution >= 0.6 is 0 Å². The number of ether oxygens (including phenoxy) is 1. The van der Waals surface area contributed by atoms with Crippen LogP contribution in [-0.2, 0) is 13.2 Å². The van der Waals surface area contributed by atoms with Gasteiger partial charge in [0.2, 0.25) is 0 Å². The van der Waals surface area contributed by atoms with E-state index in [4.69, 9.17) is 14.9 Å². The van der Waals surface area contributed by atoms with E-state index in [0.29, 0.717) is 36.7 Å². The Balaban J connectivity index is 2.55. The Morgan fingerprint density at radius 3 is 2.18 bits per heavy atom. The van der Waals surface area contributed by atoms with E-state index in [2.05, 4.69) is 4.98 Å². The quantitative estimate of drug-likeness (QED) is 0.661. The minimum atomic E-state index is -0.957. The molecule has 0 aliphatic carbocycles. The normalized spacial score (nSPS) is 11.3. The summed E-state index contributed by atoms with van der Waals surface area (Å²) in [4.78, 5) is 16.6. The molecule has 0 spiro atoms. The molecule has 0 aliphatic rings. The van der Waals surface area contributed by atoms with Crippen molar-refractivity contribution in [1.82, 2.24) is 9.88 Å². The smallest absolute Gasteiger partial charge is 0.407 e. The lowest BCUT2D eigenvalue weighted by atomic mass is 10.1. The summed E-state index contributed by atoms with van der Waals surface area (Å²) < 4.78 is 5.55. The van der Waals surface area contributed by atoms with Crippen molar-refractivity contribution in [3.05, 3.63) is 23.5 Å². The third-order valence-corrected chi connectivity index (χ3v) is 3.06. The molecule has 0 radical (unpaired) electrons. The highest BCUT2D eigenvalue weighted by Crippen LogP contribution is 2.16. The fraction of sp³-hybridized carbons (Fsp3) is 0.600. The van der Waals surface area contributed by atoms with Crippen molar-refractivity contribution >= 4 is 6.09 Å². The Morgan fingerprint density at radius 2 is 1.77 bits per heavy atom. The molecule has 0 saturated heterocycles. The summed E-state index contributed by atoms with van der Waals surface area (Å²) in [5, 5.41) is 27.4. The van der Waals surface area contributed by atoms with Gasteiger partial charge < -0.3 is 25.0 Å². The van der Waals surface area contributed by atoms with Crippen LogP contribution in [0.25, 0.3) is 0 Å². The summed E-state index contributed by atoms with van der Waals surface area (Å²) in [6, 6.07) is 3.19. The number of pyridine rings is 1. The molecule has 0 aromatic carbocycles. The van der Waals surface area contributed by atoms with Gasteiger partial charge >= 0.3 is 6.09 Å². The van der Waals surface area contributed by atoms with Crippen LogP contribution in [0.15, 0.2) is 12.1 Å². The second kappa shape index (κ2) is 7.95. The third kappa shape index (κ3) is 5.50. The molecule has 1 aromatic heterocycles. The second-order valence-electron chi connectivity index (χ2n) is 5.91. The SMILES string of the molecule is CC(C)(C)N(CCCOc1cc(CO)nc(CO)c1)C(=O)O. The third-order valence-electron chi connectivity index (χ3n) is 3.06. The van der Waals surface area contributed by atoms with Gasteiger partial charge in [-0.05, 0) is 27.2 Å². The minimum Gasteiger partial charge on any atom is -0.493 e. The summed E-state index contributed by atoms with van der Waals surface area (Å²) in [5.41, 5.74) is 0.378. The fourth-order valence-corrected chi connectivity index (χ4v) is 2.00. The predicted molar refractivity (Wildman–Crippen MR) is 80.7 cm³/mol. The van der Waals surface area contributed by atoms with Gasteiger partial charge in [-0.15, -0.1) is 0 Å². The first kappa shape index (κ1) is 18.2. The van der Waals surface area contributed by atoms with Crippen LogP contribution in [-0.4, -0.2) is 50.0 Å². The molecule has 1 aromatic rings. The molecule has 0 bridgehead atoms. The lowest BCUT2D eigenvalue weighted by molar-refractivity contribution is 0.0961. The van der Waals surface area contributed by atoms with E-state index in [9.17, 15) is 9.90 Å². The lowest BCUT2D eigenvalue weighted by Gasteiger charge is -2.33. The molecular weight excluding hydrogens is 288 g/mol. The first-order valence-electron chi connectivity index (χ1n) is 7.13. The molecule has 22 heavy (non-hydrogen) atoms. The Labute approximate surface area is 130 Å². The fourth-order valence-electron chi connectivity index (χ4n) is 2.00. The molecule has 1 amide bonds. The van der Waals surface area contributed by atoms with Crippen LogP contribution < -0.4 is 4.74 Å². The van der Waals surface area contributed by atoms with Crippen molar-refractivity contribution in [3.63, 3.8) is 0 Å². The average molecular weight is 312 g/mol. The van der Waals surface area contributed by atoms with E-state index in [-0.39, 0.29) is 13.2 Å². The number of hydrogen-bond acceptors (Lipinski definition) is 5. The first-order valence-corrected chi connectivity index (χ1v) is 7.13. The van der Waals surface area contributed by atoms with E-state index >= 15 is 0 Å². The Hall–Kier alpha value is -1.86. The van der Waals surface area contributed by atoms with Crippen molar-refractivity contribution in [3.8, 4) is 5.75 Å². The Bertz CT molecular complexity index is 477. The minimum absolute atomic E-state index is 0.235. The van der Waals surface area contributed by atoms with Gasteiger partial charge in [0.15, 0.2) is 0 Å². The van der Waals surface area contributed by atoms with Gasteiger partial charge in [-0.2, -0.15) is 0 Å². The number of hydrogen-bond donors (Lipinski definition) is 3. The lowest BCUT2D eigenvalue weighted by Crippen LogP contribution is -2.45. The number of aromatic nitrogens is 1. The Kier molecular flexibility index (Phi) is 6.58. The monoisotopic (exact) mass is 312 g/mol. The van der Waals surface area contributed by atoms with Crippen molar-refractivity contribution in [2.75, 3.05) is 13.2 Å². The molecule has 1 rings (SSSR count). The van der Waals surface area contributed by atoms with E-state index < -0.39 is 11.6 Å². The van der Waals surface area contributed by atoms with Crippen LogP contribution in [0.5, 0.6) is 5.75 Å². The van der Waals surface area contributed by atoms with Crippen molar-refractivity contribution in [1.29, 1.82) is 0 Å².